The van der Waals surface area contributed by atoms with E-state index in [-0.39, 0.29) is 12.2 Å². The van der Waals surface area contributed by atoms with E-state index in [9.17, 15) is 5.11 Å². The first-order chi connectivity index (χ1) is 8.61. The molecule has 5 nitrogen and oxygen atoms in total. The van der Waals surface area contributed by atoms with Gasteiger partial charge in [0.15, 0.2) is 5.75 Å². The lowest BCUT2D eigenvalue weighted by Gasteiger charge is -2.40. The Morgan fingerprint density at radius 1 is 1.56 bits per heavy atom. The predicted molar refractivity (Wildman–Crippen MR) is 67.7 cm³/mol. The average molecular weight is 254 g/mol. The van der Waals surface area contributed by atoms with Gasteiger partial charge < -0.3 is 14.6 Å². The van der Waals surface area contributed by atoms with Crippen LogP contribution in [0.25, 0.3) is 0 Å². The van der Waals surface area contributed by atoms with Gasteiger partial charge in [-0.15, -0.1) is 0 Å². The zero-order valence-electron chi connectivity index (χ0n) is 11.2. The molecule has 1 aliphatic carbocycles. The SMILES string of the molecule is CCCOC1C(O)CC1Oc1cnn(C(C)C)c1. The third-order valence-electron chi connectivity index (χ3n) is 3.13. The van der Waals surface area contributed by atoms with Crippen LogP contribution in [0.2, 0.25) is 0 Å². The molecule has 0 radical (unpaired) electrons. The number of hydrogen-bond acceptors (Lipinski definition) is 4. The van der Waals surface area contributed by atoms with Gasteiger partial charge in [0, 0.05) is 19.1 Å². The highest BCUT2D eigenvalue weighted by Crippen LogP contribution is 2.29. The summed E-state index contributed by atoms with van der Waals surface area (Å²) >= 11 is 0. The molecule has 1 aliphatic rings. The molecule has 1 saturated carbocycles. The fourth-order valence-corrected chi connectivity index (χ4v) is 1.98. The van der Waals surface area contributed by atoms with Crippen LogP contribution >= 0.6 is 0 Å². The maximum Gasteiger partial charge on any atom is 0.157 e. The number of nitrogens with zero attached hydrogens (tertiary/aromatic N) is 2. The summed E-state index contributed by atoms with van der Waals surface area (Å²) in [5.41, 5.74) is 0. The fraction of sp³-hybridized carbons (Fsp3) is 0.769. The summed E-state index contributed by atoms with van der Waals surface area (Å²) in [6, 6.07) is 0.321. The Hall–Kier alpha value is -1.07. The Bertz CT molecular complexity index is 378. The Morgan fingerprint density at radius 2 is 2.33 bits per heavy atom. The van der Waals surface area contributed by atoms with E-state index in [1.165, 1.54) is 0 Å². The smallest absolute Gasteiger partial charge is 0.157 e. The van der Waals surface area contributed by atoms with Crippen molar-refractivity contribution < 1.29 is 14.6 Å². The van der Waals surface area contributed by atoms with Crippen LogP contribution in [0.15, 0.2) is 12.4 Å². The Morgan fingerprint density at radius 3 is 2.89 bits per heavy atom. The molecule has 2 rings (SSSR count). The second kappa shape index (κ2) is 5.71. The first-order valence-corrected chi connectivity index (χ1v) is 6.62. The second-order valence-electron chi connectivity index (χ2n) is 5.04. The minimum atomic E-state index is -0.401. The molecule has 1 aromatic heterocycles. The molecule has 1 heterocycles. The van der Waals surface area contributed by atoms with Crippen LogP contribution in [0.1, 0.15) is 39.7 Å². The van der Waals surface area contributed by atoms with Gasteiger partial charge in [0.1, 0.15) is 12.2 Å². The first-order valence-electron chi connectivity index (χ1n) is 6.62. The van der Waals surface area contributed by atoms with Gasteiger partial charge in [-0.3, -0.25) is 4.68 Å². The summed E-state index contributed by atoms with van der Waals surface area (Å²) in [6.07, 6.45) is 4.50. The van der Waals surface area contributed by atoms with Gasteiger partial charge in [-0.25, -0.2) is 0 Å². The van der Waals surface area contributed by atoms with Gasteiger partial charge in [0.2, 0.25) is 0 Å². The van der Waals surface area contributed by atoms with Crippen molar-refractivity contribution in [3.8, 4) is 5.75 Å². The van der Waals surface area contributed by atoms with Crippen molar-refractivity contribution in [3.05, 3.63) is 12.4 Å². The second-order valence-corrected chi connectivity index (χ2v) is 5.04. The minimum absolute atomic E-state index is 0.0589. The highest BCUT2D eigenvalue weighted by Gasteiger charge is 2.42. The molecule has 0 aliphatic heterocycles. The Labute approximate surface area is 108 Å². The van der Waals surface area contributed by atoms with Gasteiger partial charge in [-0.1, -0.05) is 6.92 Å². The van der Waals surface area contributed by atoms with E-state index in [1.807, 2.05) is 17.8 Å². The monoisotopic (exact) mass is 254 g/mol. The molecule has 5 heteroatoms. The van der Waals surface area contributed by atoms with E-state index in [1.54, 1.807) is 6.20 Å². The zero-order chi connectivity index (χ0) is 13.1. The lowest BCUT2D eigenvalue weighted by Crippen LogP contribution is -2.55. The summed E-state index contributed by atoms with van der Waals surface area (Å²) in [6.45, 7) is 6.84. The largest absolute Gasteiger partial charge is 0.484 e. The molecule has 0 saturated heterocycles. The molecule has 0 amide bonds. The van der Waals surface area contributed by atoms with Crippen molar-refractivity contribution in [1.29, 1.82) is 0 Å². The molecular weight excluding hydrogens is 232 g/mol. The van der Waals surface area contributed by atoms with Crippen molar-refractivity contribution in [1.82, 2.24) is 9.78 Å². The highest BCUT2D eigenvalue weighted by atomic mass is 16.6. The van der Waals surface area contributed by atoms with Crippen molar-refractivity contribution in [3.63, 3.8) is 0 Å². The molecule has 0 aromatic carbocycles. The molecular formula is C13H22N2O3. The van der Waals surface area contributed by atoms with Crippen LogP contribution in [0.3, 0.4) is 0 Å². The molecule has 102 valence electrons. The summed E-state index contributed by atoms with van der Waals surface area (Å²) in [4.78, 5) is 0. The normalized spacial score (nSPS) is 27.3. The molecule has 3 unspecified atom stereocenters. The number of aromatic nitrogens is 2. The van der Waals surface area contributed by atoms with Gasteiger partial charge >= 0.3 is 0 Å². The first kappa shape index (κ1) is 13.4. The van der Waals surface area contributed by atoms with Gasteiger partial charge in [0.05, 0.1) is 18.5 Å². The van der Waals surface area contributed by atoms with Gasteiger partial charge in [0.25, 0.3) is 0 Å². The Kier molecular flexibility index (Phi) is 4.24. The van der Waals surface area contributed by atoms with E-state index in [4.69, 9.17) is 9.47 Å². The van der Waals surface area contributed by atoms with Crippen LogP contribution in [0.5, 0.6) is 5.75 Å². The number of ether oxygens (including phenoxy) is 2. The highest BCUT2D eigenvalue weighted by molar-refractivity contribution is 5.14. The number of aliphatic hydroxyl groups excluding tert-OH is 1. The van der Waals surface area contributed by atoms with Crippen molar-refractivity contribution in [2.75, 3.05) is 6.61 Å². The molecule has 1 fully saturated rings. The maximum atomic E-state index is 9.65. The average Bonchev–Trinajstić information content (AvgIpc) is 2.77. The molecule has 18 heavy (non-hydrogen) atoms. The Balaban J connectivity index is 1.88. The summed E-state index contributed by atoms with van der Waals surface area (Å²) < 4.78 is 13.2. The zero-order valence-corrected chi connectivity index (χ0v) is 11.2. The topological polar surface area (TPSA) is 56.5 Å². The number of aliphatic hydroxyl groups is 1. The third-order valence-corrected chi connectivity index (χ3v) is 3.13. The summed E-state index contributed by atoms with van der Waals surface area (Å²) in [5.74, 6) is 0.741. The van der Waals surface area contributed by atoms with Crippen LogP contribution in [0, 0.1) is 0 Å². The molecule has 3 atom stereocenters. The lowest BCUT2D eigenvalue weighted by atomic mass is 9.88. The molecule has 0 bridgehead atoms. The fourth-order valence-electron chi connectivity index (χ4n) is 1.98. The van der Waals surface area contributed by atoms with Crippen molar-refractivity contribution in [2.45, 2.75) is 58.0 Å². The quantitative estimate of drug-likeness (QED) is 0.840. The molecule has 1 aromatic rings. The van der Waals surface area contributed by atoms with Crippen LogP contribution in [-0.4, -0.2) is 39.8 Å². The lowest BCUT2D eigenvalue weighted by molar-refractivity contribution is -0.162. The van der Waals surface area contributed by atoms with Crippen LogP contribution < -0.4 is 4.74 Å². The van der Waals surface area contributed by atoms with Crippen molar-refractivity contribution in [2.24, 2.45) is 0 Å². The van der Waals surface area contributed by atoms with E-state index in [0.29, 0.717) is 19.1 Å². The predicted octanol–water partition coefficient (Wildman–Crippen LogP) is 1.77. The van der Waals surface area contributed by atoms with E-state index in [0.717, 1.165) is 12.2 Å². The van der Waals surface area contributed by atoms with Gasteiger partial charge in [-0.2, -0.15) is 5.10 Å². The van der Waals surface area contributed by atoms with E-state index >= 15 is 0 Å². The third kappa shape index (κ3) is 2.84. The maximum absolute atomic E-state index is 9.65. The number of hydrogen-bond donors (Lipinski definition) is 1. The summed E-state index contributed by atoms with van der Waals surface area (Å²) in [7, 11) is 0. The molecule has 0 spiro atoms. The number of rotatable bonds is 6. The van der Waals surface area contributed by atoms with Crippen LogP contribution in [0.4, 0.5) is 0 Å². The summed E-state index contributed by atoms with van der Waals surface area (Å²) in [5, 5.41) is 13.9. The van der Waals surface area contributed by atoms with E-state index in [2.05, 4.69) is 18.9 Å². The van der Waals surface area contributed by atoms with Crippen LogP contribution in [-0.2, 0) is 4.74 Å². The standard InChI is InChI=1S/C13H22N2O3/c1-4-5-17-13-11(16)6-12(13)18-10-7-14-15(8-10)9(2)3/h7-9,11-13,16H,4-6H2,1-3H3. The minimum Gasteiger partial charge on any atom is -0.484 e. The molecule has 1 N–H and O–H groups in total. The van der Waals surface area contributed by atoms with Gasteiger partial charge in [-0.05, 0) is 20.3 Å². The van der Waals surface area contributed by atoms with E-state index < -0.39 is 6.10 Å². The van der Waals surface area contributed by atoms with Crippen molar-refractivity contribution >= 4 is 0 Å².